The van der Waals surface area contributed by atoms with E-state index in [2.05, 4.69) is 20.6 Å². The summed E-state index contributed by atoms with van der Waals surface area (Å²) in [5, 5.41) is 5.65. The molecule has 2 aromatic rings. The molecule has 216 valence electrons. The number of H-pyrrole nitrogens is 1. The summed E-state index contributed by atoms with van der Waals surface area (Å²) in [4.78, 5) is 63.8. The lowest BCUT2D eigenvalue weighted by Crippen LogP contribution is -2.55. The molecule has 1 aromatic carbocycles. The second-order valence-corrected chi connectivity index (χ2v) is 10.6. The van der Waals surface area contributed by atoms with Gasteiger partial charge in [0.1, 0.15) is 17.8 Å². The second kappa shape index (κ2) is 13.4. The number of aromatic amines is 1. The third-order valence-corrected chi connectivity index (χ3v) is 7.00. The molecule has 0 aliphatic carbocycles. The quantitative estimate of drug-likeness (QED) is 0.439. The highest BCUT2D eigenvalue weighted by Gasteiger charge is 2.32. The van der Waals surface area contributed by atoms with Gasteiger partial charge in [-0.15, -0.1) is 0 Å². The molecule has 12 heteroatoms. The summed E-state index contributed by atoms with van der Waals surface area (Å²) < 4.78 is 10.8. The molecule has 4 heterocycles. The number of hydrogen-bond donors (Lipinski definition) is 3. The van der Waals surface area contributed by atoms with Gasteiger partial charge in [-0.05, 0) is 30.0 Å². The van der Waals surface area contributed by atoms with Gasteiger partial charge in [-0.2, -0.15) is 0 Å². The molecule has 3 aliphatic heterocycles. The first-order valence-electron chi connectivity index (χ1n) is 13.6. The molecule has 5 rings (SSSR count). The Morgan fingerprint density at radius 1 is 1.12 bits per heavy atom. The van der Waals surface area contributed by atoms with Crippen LogP contribution in [0.1, 0.15) is 37.2 Å². The van der Waals surface area contributed by atoms with E-state index >= 15 is 0 Å². The molecule has 0 fully saturated rings. The molecule has 1 aromatic heterocycles. The molecule has 0 saturated carbocycles. The maximum absolute atomic E-state index is 13.7. The molecular weight excluding hydrogens is 516 g/mol. The van der Waals surface area contributed by atoms with Crippen LogP contribution >= 0.6 is 0 Å². The number of ether oxygens (including phenoxy) is 2. The predicted molar refractivity (Wildman–Crippen MR) is 145 cm³/mol. The van der Waals surface area contributed by atoms with Crippen LogP contribution in [-0.4, -0.2) is 95.4 Å². The van der Waals surface area contributed by atoms with Gasteiger partial charge in [-0.1, -0.05) is 26.0 Å². The molecule has 2 bridgehead atoms. The first kappa shape index (κ1) is 29.1. The van der Waals surface area contributed by atoms with Gasteiger partial charge in [0.25, 0.3) is 5.91 Å². The van der Waals surface area contributed by atoms with Crippen molar-refractivity contribution in [3.05, 3.63) is 47.5 Å². The Labute approximate surface area is 233 Å². The molecule has 2 atom stereocenters. The van der Waals surface area contributed by atoms with Crippen molar-refractivity contribution in [1.82, 2.24) is 30.4 Å². The predicted octanol–water partition coefficient (Wildman–Crippen LogP) is 0.420. The summed E-state index contributed by atoms with van der Waals surface area (Å²) in [7, 11) is 1.51. The third-order valence-electron chi connectivity index (χ3n) is 7.00. The lowest BCUT2D eigenvalue weighted by molar-refractivity contribution is -0.142. The number of nitrogens with one attached hydrogen (secondary N) is 3. The van der Waals surface area contributed by atoms with E-state index < -0.39 is 29.8 Å². The Bertz CT molecular complexity index is 1200. The Balaban J connectivity index is 1.61. The number of methoxy groups -OCH3 is 1. The summed E-state index contributed by atoms with van der Waals surface area (Å²) in [6.45, 7) is 4.59. The summed E-state index contributed by atoms with van der Waals surface area (Å²) in [5.41, 5.74) is 2.64. The van der Waals surface area contributed by atoms with Gasteiger partial charge in [0, 0.05) is 33.0 Å². The highest BCUT2D eigenvalue weighted by molar-refractivity contribution is 5.93. The number of aromatic nitrogens is 2. The minimum absolute atomic E-state index is 0.105. The van der Waals surface area contributed by atoms with E-state index in [1.165, 1.54) is 12.0 Å². The van der Waals surface area contributed by atoms with Gasteiger partial charge < -0.3 is 34.9 Å². The van der Waals surface area contributed by atoms with Crippen molar-refractivity contribution >= 4 is 23.6 Å². The first-order valence-corrected chi connectivity index (χ1v) is 13.6. The third kappa shape index (κ3) is 7.59. The van der Waals surface area contributed by atoms with Crippen molar-refractivity contribution in [1.29, 1.82) is 0 Å². The van der Waals surface area contributed by atoms with Crippen LogP contribution in [0.15, 0.2) is 30.6 Å². The van der Waals surface area contributed by atoms with Crippen LogP contribution in [0.3, 0.4) is 0 Å². The number of carbonyl (C=O) groups excluding carboxylic acids is 4. The lowest BCUT2D eigenvalue weighted by Gasteiger charge is -2.32. The Morgan fingerprint density at radius 3 is 2.62 bits per heavy atom. The highest BCUT2D eigenvalue weighted by atomic mass is 16.5. The molecule has 40 heavy (non-hydrogen) atoms. The number of nitrogens with zero attached hydrogens (tertiary/aromatic N) is 3. The number of hydrogen-bond acceptors (Lipinski definition) is 7. The van der Waals surface area contributed by atoms with Gasteiger partial charge >= 0.3 is 0 Å². The number of rotatable bonds is 6. The zero-order valence-electron chi connectivity index (χ0n) is 23.3. The van der Waals surface area contributed by atoms with E-state index in [1.807, 2.05) is 26.0 Å². The average Bonchev–Trinajstić information content (AvgIpc) is 3.41. The van der Waals surface area contributed by atoms with Crippen molar-refractivity contribution in [3.8, 4) is 5.75 Å². The molecular formula is C28H38N6O6. The largest absolute Gasteiger partial charge is 0.484 e. The summed E-state index contributed by atoms with van der Waals surface area (Å²) >= 11 is 0. The summed E-state index contributed by atoms with van der Waals surface area (Å²) in [5.74, 6) is -0.921. The van der Waals surface area contributed by atoms with Gasteiger partial charge in [-0.3, -0.25) is 19.2 Å². The average molecular weight is 555 g/mol. The fourth-order valence-electron chi connectivity index (χ4n) is 4.96. The van der Waals surface area contributed by atoms with Gasteiger partial charge in [0.05, 0.1) is 37.4 Å². The molecule has 0 radical (unpaired) electrons. The van der Waals surface area contributed by atoms with Crippen molar-refractivity contribution in [2.45, 2.75) is 51.7 Å². The number of fused-ring (bicyclic) bond motifs is 14. The minimum atomic E-state index is -0.845. The zero-order chi connectivity index (χ0) is 28.6. The maximum atomic E-state index is 13.7. The first-order chi connectivity index (χ1) is 19.2. The van der Waals surface area contributed by atoms with E-state index in [-0.39, 0.29) is 44.5 Å². The molecule has 0 saturated heterocycles. The van der Waals surface area contributed by atoms with Gasteiger partial charge in [-0.25, -0.2) is 4.98 Å². The Kier molecular flexibility index (Phi) is 9.75. The molecule has 4 amide bonds. The van der Waals surface area contributed by atoms with Crippen molar-refractivity contribution in [3.63, 3.8) is 0 Å². The van der Waals surface area contributed by atoms with Gasteiger partial charge in [0.2, 0.25) is 17.7 Å². The second-order valence-electron chi connectivity index (χ2n) is 10.6. The molecule has 3 aliphatic rings. The van der Waals surface area contributed by atoms with Crippen molar-refractivity contribution in [2.24, 2.45) is 5.92 Å². The fourth-order valence-corrected chi connectivity index (χ4v) is 4.96. The van der Waals surface area contributed by atoms with Crippen LogP contribution in [0.4, 0.5) is 0 Å². The van der Waals surface area contributed by atoms with E-state index in [4.69, 9.17) is 9.47 Å². The monoisotopic (exact) mass is 554 g/mol. The van der Waals surface area contributed by atoms with Gasteiger partial charge in [0.15, 0.2) is 6.61 Å². The number of carbonyl (C=O) groups is 4. The summed E-state index contributed by atoms with van der Waals surface area (Å²) in [6.07, 6.45) is 2.88. The summed E-state index contributed by atoms with van der Waals surface area (Å²) in [6, 6.07) is 5.38. The van der Waals surface area contributed by atoms with Crippen molar-refractivity contribution < 1.29 is 28.7 Å². The van der Waals surface area contributed by atoms with E-state index in [1.54, 1.807) is 23.4 Å². The Hall–Kier alpha value is -3.93. The smallest absolute Gasteiger partial charge is 0.258 e. The zero-order valence-corrected chi connectivity index (χ0v) is 23.3. The molecule has 0 unspecified atom stereocenters. The number of benzene rings is 1. The minimum Gasteiger partial charge on any atom is -0.484 e. The maximum Gasteiger partial charge on any atom is 0.258 e. The van der Waals surface area contributed by atoms with Crippen molar-refractivity contribution in [2.75, 3.05) is 40.0 Å². The van der Waals surface area contributed by atoms with Crippen LogP contribution in [-0.2, 0) is 43.3 Å². The van der Waals surface area contributed by atoms with Crippen LogP contribution in [0.2, 0.25) is 0 Å². The molecule has 12 nitrogen and oxygen atoms in total. The lowest BCUT2D eigenvalue weighted by atomic mass is 10.0. The van der Waals surface area contributed by atoms with E-state index in [0.717, 1.165) is 17.0 Å². The Morgan fingerprint density at radius 2 is 1.90 bits per heavy atom. The van der Waals surface area contributed by atoms with Crippen LogP contribution < -0.4 is 15.4 Å². The molecule has 0 spiro atoms. The normalized spacial score (nSPS) is 20.6. The van der Waals surface area contributed by atoms with Crippen LogP contribution in [0, 0.1) is 5.92 Å². The number of amides is 4. The van der Waals surface area contributed by atoms with Crippen LogP contribution in [0.25, 0.3) is 0 Å². The topological polar surface area (TPSA) is 146 Å². The van der Waals surface area contributed by atoms with E-state index in [9.17, 15) is 19.2 Å². The highest BCUT2D eigenvalue weighted by Crippen LogP contribution is 2.19. The van der Waals surface area contributed by atoms with E-state index in [0.29, 0.717) is 31.7 Å². The number of imidazole rings is 1. The van der Waals surface area contributed by atoms with Crippen LogP contribution in [0.5, 0.6) is 5.75 Å². The fraction of sp³-hybridized carbons (Fsp3) is 0.536. The standard InChI is InChI=1S/C28H38N6O6/c1-18(2)12-22-27(37)34(10-11-39-3)15-25(35)31-23(28(38)33-9-8-21-24(14-33)30-17-29-21)13-19-4-6-20(7-5-19)40-16-26(36)32-22/h4-7,17-18,22-23H,8-16H2,1-3H3,(H,29,30)(H,31,35)(H,32,36)/t22-,23-/m0/s1. The SMILES string of the molecule is COCCN1CC(=O)N[C@H](C(=O)N2CCc3nc[nH]c3C2)Cc2ccc(cc2)OCC(=O)N[C@@H](CC(C)C)C1=O. The molecule has 3 N–H and O–H groups in total.